The fourth-order valence-electron chi connectivity index (χ4n) is 4.07. The van der Waals surface area contributed by atoms with E-state index in [1.807, 2.05) is 33.8 Å². The monoisotopic (exact) mass is 551 g/mol. The average Bonchev–Trinajstić information content (AvgIpc) is 2.89. The molecule has 0 radical (unpaired) electrons. The minimum absolute atomic E-state index is 0.0212. The second-order valence-electron chi connectivity index (χ2n) is 10.5. The molecule has 216 valence electrons. The Morgan fingerprint density at radius 3 is 2.02 bits per heavy atom. The molecule has 0 aliphatic heterocycles. The Labute approximate surface area is 236 Å². The lowest BCUT2D eigenvalue weighted by atomic mass is 9.99. The number of phenols is 1. The summed E-state index contributed by atoms with van der Waals surface area (Å²) in [6.07, 6.45) is 2.14. The molecule has 0 aliphatic rings. The molecule has 2 aromatic rings. The van der Waals surface area contributed by atoms with Gasteiger partial charge in [0.1, 0.15) is 23.5 Å². The molecule has 0 spiro atoms. The molecule has 0 heterocycles. The van der Waals surface area contributed by atoms with Crippen LogP contribution in [0.5, 0.6) is 5.75 Å². The molecule has 0 fully saturated rings. The van der Waals surface area contributed by atoms with Gasteiger partial charge in [0.05, 0.1) is 6.61 Å². The van der Waals surface area contributed by atoms with Crippen LogP contribution in [0.1, 0.15) is 68.9 Å². The van der Waals surface area contributed by atoms with Gasteiger partial charge >= 0.3 is 5.97 Å². The van der Waals surface area contributed by atoms with Gasteiger partial charge in [-0.2, -0.15) is 0 Å². The molecule has 9 nitrogen and oxygen atoms in total. The van der Waals surface area contributed by atoms with E-state index in [1.54, 1.807) is 50.2 Å². The number of nitrogens with one attached hydrogen (secondary N) is 3. The molecule has 0 aromatic heterocycles. The number of phenolic OH excluding ortho intramolecular Hbond substituents is 1. The zero-order valence-electron chi connectivity index (χ0n) is 24.1. The third kappa shape index (κ3) is 9.87. The summed E-state index contributed by atoms with van der Waals surface area (Å²) in [5, 5.41) is 18.2. The summed E-state index contributed by atoms with van der Waals surface area (Å²) in [7, 11) is 0. The van der Waals surface area contributed by atoms with Crippen LogP contribution in [0.25, 0.3) is 6.08 Å². The highest BCUT2D eigenvalue weighted by atomic mass is 16.5. The van der Waals surface area contributed by atoms with Crippen molar-refractivity contribution in [2.45, 2.75) is 66.5 Å². The van der Waals surface area contributed by atoms with Crippen LogP contribution in [0, 0.1) is 18.8 Å². The van der Waals surface area contributed by atoms with Gasteiger partial charge in [0.15, 0.2) is 0 Å². The number of esters is 1. The fraction of sp³-hybridized carbons (Fsp3) is 0.419. The van der Waals surface area contributed by atoms with Crippen molar-refractivity contribution < 1.29 is 29.0 Å². The topological polar surface area (TPSA) is 134 Å². The van der Waals surface area contributed by atoms with Crippen molar-refractivity contribution in [2.24, 2.45) is 11.8 Å². The molecule has 3 amide bonds. The van der Waals surface area contributed by atoms with Crippen molar-refractivity contribution in [2.75, 3.05) is 6.61 Å². The maximum Gasteiger partial charge on any atom is 0.354 e. The van der Waals surface area contributed by atoms with Gasteiger partial charge < -0.3 is 25.8 Å². The summed E-state index contributed by atoms with van der Waals surface area (Å²) < 4.78 is 5.13. The van der Waals surface area contributed by atoms with E-state index >= 15 is 0 Å². The Balaban J connectivity index is 2.29. The summed E-state index contributed by atoms with van der Waals surface area (Å²) in [5.74, 6) is -2.22. The van der Waals surface area contributed by atoms with E-state index in [-0.39, 0.29) is 35.5 Å². The van der Waals surface area contributed by atoms with Crippen LogP contribution in [0.2, 0.25) is 0 Å². The fourth-order valence-corrected chi connectivity index (χ4v) is 4.07. The molecule has 0 aliphatic carbocycles. The van der Waals surface area contributed by atoms with Gasteiger partial charge in [0.25, 0.3) is 5.91 Å². The summed E-state index contributed by atoms with van der Waals surface area (Å²) in [5.41, 5.74) is 1.30. The van der Waals surface area contributed by atoms with E-state index in [9.17, 15) is 24.3 Å². The van der Waals surface area contributed by atoms with Gasteiger partial charge in [-0.15, -0.1) is 0 Å². The zero-order valence-corrected chi connectivity index (χ0v) is 24.1. The van der Waals surface area contributed by atoms with Gasteiger partial charge in [-0.25, -0.2) is 4.79 Å². The lowest BCUT2D eigenvalue weighted by Crippen LogP contribution is -2.54. The molecule has 0 saturated heterocycles. The SMILES string of the molecule is CCOC(=O)/C(=C\c1ccccc1)NC(=O)[C@H](CC(C)C)NC(=O)[C@H](CC(C)C)NC(=O)c1cccc(O)c1C. The molecule has 2 aromatic carbocycles. The molecular formula is C31H41N3O6. The largest absolute Gasteiger partial charge is 0.508 e. The quantitative estimate of drug-likeness (QED) is 0.219. The number of benzene rings is 2. The van der Waals surface area contributed by atoms with Gasteiger partial charge in [-0.05, 0) is 62.3 Å². The number of aromatic hydroxyl groups is 1. The van der Waals surface area contributed by atoms with Crippen molar-refractivity contribution in [3.05, 3.63) is 70.9 Å². The van der Waals surface area contributed by atoms with Crippen molar-refractivity contribution in [3.8, 4) is 5.75 Å². The molecule has 0 unspecified atom stereocenters. The van der Waals surface area contributed by atoms with E-state index in [0.717, 1.165) is 0 Å². The van der Waals surface area contributed by atoms with Crippen LogP contribution in [0.3, 0.4) is 0 Å². The highest BCUT2D eigenvalue weighted by molar-refractivity contribution is 6.01. The van der Waals surface area contributed by atoms with E-state index in [2.05, 4.69) is 16.0 Å². The predicted molar refractivity (Wildman–Crippen MR) is 154 cm³/mol. The second-order valence-corrected chi connectivity index (χ2v) is 10.5. The van der Waals surface area contributed by atoms with Gasteiger partial charge in [0, 0.05) is 11.1 Å². The van der Waals surface area contributed by atoms with Crippen molar-refractivity contribution >= 4 is 29.8 Å². The average molecular weight is 552 g/mol. The normalized spacial score (nSPS) is 12.9. The number of hydrogen-bond donors (Lipinski definition) is 4. The molecule has 2 atom stereocenters. The number of carbonyl (C=O) groups is 4. The van der Waals surface area contributed by atoms with E-state index < -0.39 is 35.8 Å². The second kappa shape index (κ2) is 15.5. The molecule has 40 heavy (non-hydrogen) atoms. The maximum absolute atomic E-state index is 13.4. The van der Waals surface area contributed by atoms with Crippen LogP contribution < -0.4 is 16.0 Å². The minimum Gasteiger partial charge on any atom is -0.508 e. The lowest BCUT2D eigenvalue weighted by molar-refractivity contribution is -0.140. The zero-order chi connectivity index (χ0) is 29.8. The van der Waals surface area contributed by atoms with Gasteiger partial charge in [-0.3, -0.25) is 14.4 Å². The first kappa shape index (κ1) is 32.1. The highest BCUT2D eigenvalue weighted by Crippen LogP contribution is 2.20. The third-order valence-corrected chi connectivity index (χ3v) is 6.08. The first-order valence-electron chi connectivity index (χ1n) is 13.6. The van der Waals surface area contributed by atoms with Crippen LogP contribution in [0.15, 0.2) is 54.2 Å². The number of ether oxygens (including phenoxy) is 1. The standard InChI is InChI=1S/C31H41N3O6/c1-7-40-31(39)26(18-22-12-9-8-10-13-22)34-30(38)25(17-20(4)5)33-29(37)24(16-19(2)3)32-28(36)23-14-11-15-27(35)21(23)6/h8-15,18-20,24-25,35H,7,16-17H2,1-6H3,(H,32,36)(H,33,37)(H,34,38)/b26-18+/t24-,25-/m0/s1. The van der Waals surface area contributed by atoms with Crippen molar-refractivity contribution in [1.82, 2.24) is 16.0 Å². The summed E-state index contributed by atoms with van der Waals surface area (Å²) in [6.45, 7) is 11.1. The highest BCUT2D eigenvalue weighted by Gasteiger charge is 2.30. The predicted octanol–water partition coefficient (Wildman–Crippen LogP) is 4.10. The van der Waals surface area contributed by atoms with Crippen LogP contribution in [0.4, 0.5) is 0 Å². The number of amides is 3. The van der Waals surface area contributed by atoms with Crippen LogP contribution >= 0.6 is 0 Å². The Hall–Kier alpha value is -4.14. The molecule has 2 rings (SSSR count). The van der Waals surface area contributed by atoms with Crippen LogP contribution in [-0.4, -0.2) is 47.5 Å². The first-order chi connectivity index (χ1) is 18.9. The summed E-state index contributed by atoms with van der Waals surface area (Å²) >= 11 is 0. The van der Waals surface area contributed by atoms with E-state index in [4.69, 9.17) is 4.74 Å². The Kier molecular flexibility index (Phi) is 12.4. The van der Waals surface area contributed by atoms with Crippen molar-refractivity contribution in [1.29, 1.82) is 0 Å². The molecule has 0 saturated carbocycles. The minimum atomic E-state index is -0.977. The molecule has 9 heteroatoms. The van der Waals surface area contributed by atoms with Gasteiger partial charge in [0.2, 0.25) is 11.8 Å². The summed E-state index contributed by atoms with van der Waals surface area (Å²) in [4.78, 5) is 52.5. The van der Waals surface area contributed by atoms with Crippen molar-refractivity contribution in [3.63, 3.8) is 0 Å². The van der Waals surface area contributed by atoms with Gasteiger partial charge in [-0.1, -0.05) is 64.1 Å². The molecule has 0 bridgehead atoms. The first-order valence-corrected chi connectivity index (χ1v) is 13.6. The Morgan fingerprint density at radius 1 is 0.850 bits per heavy atom. The van der Waals surface area contributed by atoms with E-state index in [1.165, 1.54) is 12.1 Å². The maximum atomic E-state index is 13.4. The number of rotatable bonds is 13. The Morgan fingerprint density at radius 2 is 1.45 bits per heavy atom. The van der Waals surface area contributed by atoms with Crippen LogP contribution in [-0.2, 0) is 19.1 Å². The number of hydrogen-bond acceptors (Lipinski definition) is 6. The number of carbonyl (C=O) groups excluding carboxylic acids is 4. The third-order valence-electron chi connectivity index (χ3n) is 6.08. The smallest absolute Gasteiger partial charge is 0.354 e. The molecule has 4 N–H and O–H groups in total. The molecular weight excluding hydrogens is 510 g/mol. The van der Waals surface area contributed by atoms with E-state index in [0.29, 0.717) is 24.0 Å². The Bertz CT molecular complexity index is 1210. The summed E-state index contributed by atoms with van der Waals surface area (Å²) in [6, 6.07) is 11.7. The lowest BCUT2D eigenvalue weighted by Gasteiger charge is -2.25.